The van der Waals surface area contributed by atoms with Crippen LogP contribution in [0.4, 0.5) is 0 Å². The quantitative estimate of drug-likeness (QED) is 0.327. The number of carbonyl (C=O) groups excluding carboxylic acids is 1. The molecule has 0 unspecified atom stereocenters. The zero-order valence-electron chi connectivity index (χ0n) is 22.1. The molecule has 5 rings (SSSR count). The van der Waals surface area contributed by atoms with E-state index in [1.165, 1.54) is 37.7 Å². The molecule has 0 spiro atoms. The average Bonchev–Trinajstić information content (AvgIpc) is 3.36. The number of aromatic amines is 1. The van der Waals surface area contributed by atoms with Gasteiger partial charge in [-0.25, -0.2) is 12.7 Å². The van der Waals surface area contributed by atoms with Crippen molar-refractivity contribution in [3.05, 3.63) is 59.8 Å². The number of carbonyl (C=O) groups is 1. The van der Waals surface area contributed by atoms with Gasteiger partial charge in [0, 0.05) is 36.2 Å². The molecule has 2 heterocycles. The standard InChI is InChI=1S/C30H40N4O3S/c31-29(35)20-25-18-24(22-8-3-1-4-9-22)19-27-28(21-33-30(25)27)23-12-15-34(16-13-23)38(36,37)17-7-14-32-26-10-5-2-6-11-26/h1,3-4,8-9,18-19,21,23,26,32-33H,2,5-7,10-17,20H2,(H2,31,35). The molecule has 1 saturated heterocycles. The van der Waals surface area contributed by atoms with Gasteiger partial charge in [0.1, 0.15) is 0 Å². The summed E-state index contributed by atoms with van der Waals surface area (Å²) in [6.45, 7) is 1.86. The third-order valence-corrected chi connectivity index (χ3v) is 10.2. The fourth-order valence-electron chi connectivity index (χ4n) is 6.23. The topological polar surface area (TPSA) is 108 Å². The number of hydrogen-bond donors (Lipinski definition) is 3. The molecule has 1 aliphatic heterocycles. The van der Waals surface area contributed by atoms with Crippen LogP contribution in [0.3, 0.4) is 0 Å². The average molecular weight is 537 g/mol. The van der Waals surface area contributed by atoms with E-state index in [0.717, 1.165) is 47.0 Å². The number of amides is 1. The fraction of sp³-hybridized carbons (Fsp3) is 0.500. The van der Waals surface area contributed by atoms with Crippen molar-refractivity contribution in [1.82, 2.24) is 14.6 Å². The lowest BCUT2D eigenvalue weighted by Crippen LogP contribution is -2.40. The Morgan fingerprint density at radius 1 is 1.00 bits per heavy atom. The van der Waals surface area contributed by atoms with Crippen LogP contribution in [0.25, 0.3) is 22.0 Å². The van der Waals surface area contributed by atoms with Gasteiger partial charge in [0.25, 0.3) is 0 Å². The molecular formula is C30H40N4O3S. The van der Waals surface area contributed by atoms with E-state index in [2.05, 4.69) is 28.5 Å². The van der Waals surface area contributed by atoms with Crippen LogP contribution in [-0.2, 0) is 21.2 Å². The molecule has 1 aromatic heterocycles. The van der Waals surface area contributed by atoms with Crippen molar-refractivity contribution in [2.45, 2.75) is 69.7 Å². The van der Waals surface area contributed by atoms with Crippen LogP contribution in [0.1, 0.15) is 68.4 Å². The van der Waals surface area contributed by atoms with E-state index in [1.807, 2.05) is 30.5 Å². The third-order valence-electron chi connectivity index (χ3n) is 8.28. The van der Waals surface area contributed by atoms with E-state index < -0.39 is 10.0 Å². The molecule has 1 aliphatic carbocycles. The van der Waals surface area contributed by atoms with Crippen molar-refractivity contribution < 1.29 is 13.2 Å². The Morgan fingerprint density at radius 3 is 2.45 bits per heavy atom. The number of benzene rings is 2. The Bertz CT molecular complexity index is 1340. The lowest BCUT2D eigenvalue weighted by molar-refractivity contribution is -0.117. The molecule has 2 aromatic carbocycles. The molecule has 38 heavy (non-hydrogen) atoms. The number of rotatable bonds is 10. The van der Waals surface area contributed by atoms with Gasteiger partial charge in [0.15, 0.2) is 0 Å². The Labute approximate surface area is 226 Å². The molecular weight excluding hydrogens is 496 g/mol. The second-order valence-corrected chi connectivity index (χ2v) is 13.0. The second-order valence-electron chi connectivity index (χ2n) is 10.9. The molecule has 0 bridgehead atoms. The van der Waals surface area contributed by atoms with Crippen molar-refractivity contribution in [1.29, 1.82) is 0 Å². The number of nitrogens with zero attached hydrogens (tertiary/aromatic N) is 1. The summed E-state index contributed by atoms with van der Waals surface area (Å²) in [5.74, 6) is 0.109. The maximum atomic E-state index is 13.0. The van der Waals surface area contributed by atoms with E-state index in [1.54, 1.807) is 4.31 Å². The molecule has 0 atom stereocenters. The maximum Gasteiger partial charge on any atom is 0.221 e. The van der Waals surface area contributed by atoms with Gasteiger partial charge < -0.3 is 16.0 Å². The Hall–Kier alpha value is -2.68. The second kappa shape index (κ2) is 12.0. The summed E-state index contributed by atoms with van der Waals surface area (Å²) in [4.78, 5) is 15.2. The number of sulfonamides is 1. The van der Waals surface area contributed by atoms with Crippen molar-refractivity contribution >= 4 is 26.8 Å². The maximum absolute atomic E-state index is 13.0. The van der Waals surface area contributed by atoms with Gasteiger partial charge in [-0.05, 0) is 79.0 Å². The molecule has 2 fully saturated rings. The van der Waals surface area contributed by atoms with Gasteiger partial charge in [0.05, 0.1) is 12.2 Å². The molecule has 204 valence electrons. The first kappa shape index (κ1) is 26.9. The third kappa shape index (κ3) is 6.30. The van der Waals surface area contributed by atoms with Crippen LogP contribution >= 0.6 is 0 Å². The minimum Gasteiger partial charge on any atom is -0.369 e. The predicted octanol–water partition coefficient (Wildman–Crippen LogP) is 4.68. The van der Waals surface area contributed by atoms with Gasteiger partial charge >= 0.3 is 0 Å². The first-order valence-corrected chi connectivity index (χ1v) is 15.7. The van der Waals surface area contributed by atoms with Crippen molar-refractivity contribution in [3.63, 3.8) is 0 Å². The highest BCUT2D eigenvalue weighted by atomic mass is 32.2. The SMILES string of the molecule is NC(=O)Cc1cc(-c2ccccc2)cc2c(C3CCN(S(=O)(=O)CCCNC4CCCCC4)CC3)c[nH]c12. The number of aromatic nitrogens is 1. The summed E-state index contributed by atoms with van der Waals surface area (Å²) in [7, 11) is -3.25. The largest absolute Gasteiger partial charge is 0.369 e. The monoisotopic (exact) mass is 536 g/mol. The lowest BCUT2D eigenvalue weighted by Gasteiger charge is -2.31. The smallest absolute Gasteiger partial charge is 0.221 e. The molecule has 1 amide bonds. The van der Waals surface area contributed by atoms with Gasteiger partial charge in [-0.2, -0.15) is 0 Å². The van der Waals surface area contributed by atoms with E-state index in [9.17, 15) is 13.2 Å². The number of primary amides is 1. The van der Waals surface area contributed by atoms with Crippen LogP contribution < -0.4 is 11.1 Å². The number of fused-ring (bicyclic) bond motifs is 1. The van der Waals surface area contributed by atoms with Crippen LogP contribution in [0.15, 0.2) is 48.7 Å². The first-order valence-electron chi connectivity index (χ1n) is 14.1. The Kier molecular flexibility index (Phi) is 8.51. The number of piperidine rings is 1. The zero-order chi connectivity index (χ0) is 26.5. The van der Waals surface area contributed by atoms with Crippen molar-refractivity contribution in [3.8, 4) is 11.1 Å². The molecule has 8 heteroatoms. The summed E-state index contributed by atoms with van der Waals surface area (Å²) >= 11 is 0. The Balaban J connectivity index is 1.25. The van der Waals surface area contributed by atoms with Crippen LogP contribution in [-0.4, -0.2) is 55.0 Å². The van der Waals surface area contributed by atoms with E-state index in [0.29, 0.717) is 25.6 Å². The molecule has 1 saturated carbocycles. The summed E-state index contributed by atoms with van der Waals surface area (Å²) in [5, 5.41) is 4.65. The zero-order valence-corrected chi connectivity index (χ0v) is 22.9. The predicted molar refractivity (Wildman–Crippen MR) is 153 cm³/mol. The number of H-pyrrole nitrogens is 1. The highest BCUT2D eigenvalue weighted by molar-refractivity contribution is 7.89. The minimum absolute atomic E-state index is 0.170. The normalized spacial score (nSPS) is 18.2. The minimum atomic E-state index is -3.25. The van der Waals surface area contributed by atoms with Crippen LogP contribution in [0, 0.1) is 0 Å². The van der Waals surface area contributed by atoms with E-state index >= 15 is 0 Å². The molecule has 2 aliphatic rings. The summed E-state index contributed by atoms with van der Waals surface area (Å²) in [6, 6.07) is 14.9. The molecule has 0 radical (unpaired) electrons. The van der Waals surface area contributed by atoms with E-state index in [4.69, 9.17) is 5.73 Å². The Morgan fingerprint density at radius 2 is 1.74 bits per heavy atom. The van der Waals surface area contributed by atoms with Gasteiger partial charge in [-0.1, -0.05) is 49.6 Å². The summed E-state index contributed by atoms with van der Waals surface area (Å²) in [5.41, 5.74) is 10.7. The van der Waals surface area contributed by atoms with Gasteiger partial charge in [-0.15, -0.1) is 0 Å². The van der Waals surface area contributed by atoms with Gasteiger partial charge in [-0.3, -0.25) is 4.79 Å². The lowest BCUT2D eigenvalue weighted by atomic mass is 9.88. The van der Waals surface area contributed by atoms with Gasteiger partial charge in [0.2, 0.25) is 15.9 Å². The highest BCUT2D eigenvalue weighted by Gasteiger charge is 2.30. The highest BCUT2D eigenvalue weighted by Crippen LogP contribution is 2.37. The molecule has 4 N–H and O–H groups in total. The summed E-state index contributed by atoms with van der Waals surface area (Å²) in [6.07, 6.45) is 10.7. The van der Waals surface area contributed by atoms with Crippen LogP contribution in [0.5, 0.6) is 0 Å². The fourth-order valence-corrected chi connectivity index (χ4v) is 7.77. The number of hydrogen-bond acceptors (Lipinski definition) is 4. The number of nitrogens with two attached hydrogens (primary N) is 1. The molecule has 3 aromatic rings. The van der Waals surface area contributed by atoms with E-state index in [-0.39, 0.29) is 24.0 Å². The first-order chi connectivity index (χ1) is 18.4. The van der Waals surface area contributed by atoms with Crippen LogP contribution in [0.2, 0.25) is 0 Å². The molecule has 7 nitrogen and oxygen atoms in total. The summed E-state index contributed by atoms with van der Waals surface area (Å²) < 4.78 is 27.8. The number of nitrogens with one attached hydrogen (secondary N) is 2. The van der Waals surface area contributed by atoms with Crippen molar-refractivity contribution in [2.24, 2.45) is 5.73 Å². The van der Waals surface area contributed by atoms with Crippen molar-refractivity contribution in [2.75, 3.05) is 25.4 Å².